The summed E-state index contributed by atoms with van der Waals surface area (Å²) in [6.45, 7) is 4.47. The number of benzene rings is 5. The van der Waals surface area contributed by atoms with Crippen LogP contribution in [0.1, 0.15) is 49.5 Å². The van der Waals surface area contributed by atoms with Crippen molar-refractivity contribution in [1.82, 2.24) is 20.4 Å². The number of nitrogens with one attached hydrogen (secondary N) is 2. The Balaban J connectivity index is 1.16. The van der Waals surface area contributed by atoms with E-state index in [2.05, 4.69) is 10.6 Å². The summed E-state index contributed by atoms with van der Waals surface area (Å²) in [6, 6.07) is 41.6. The third-order valence-electron chi connectivity index (χ3n) is 9.88. The third kappa shape index (κ3) is 8.15. The van der Waals surface area contributed by atoms with Crippen LogP contribution in [0.25, 0.3) is 22.3 Å². The Kier molecular flexibility index (Phi) is 11.0. The smallest absolute Gasteiger partial charge is 0.328 e. The fourth-order valence-electron chi connectivity index (χ4n) is 6.84. The van der Waals surface area contributed by atoms with Crippen molar-refractivity contribution in [1.29, 1.82) is 0 Å². The van der Waals surface area contributed by atoms with Crippen molar-refractivity contribution in [3.63, 3.8) is 0 Å². The summed E-state index contributed by atoms with van der Waals surface area (Å²) in [5, 5.41) is 5.92. The molecular weight excluding hydrogens is 665 g/mol. The van der Waals surface area contributed by atoms with Crippen molar-refractivity contribution in [3.8, 4) is 28.0 Å². The summed E-state index contributed by atoms with van der Waals surface area (Å²) in [7, 11) is 1.54. The molecule has 1 aliphatic rings. The Morgan fingerprint density at radius 1 is 0.623 bits per heavy atom. The Hall–Kier alpha value is -6.22. The van der Waals surface area contributed by atoms with Gasteiger partial charge in [-0.1, -0.05) is 127 Å². The molecule has 5 aromatic rings. The van der Waals surface area contributed by atoms with E-state index in [-0.39, 0.29) is 25.0 Å². The maximum Gasteiger partial charge on any atom is 0.328 e. The molecule has 0 saturated carbocycles. The molecule has 6 rings (SSSR count). The van der Waals surface area contributed by atoms with Gasteiger partial charge in [0.1, 0.15) is 24.4 Å². The minimum atomic E-state index is -1.47. The highest BCUT2D eigenvalue weighted by molar-refractivity contribution is 6.10. The predicted octanol–water partition coefficient (Wildman–Crippen LogP) is 7.35. The first kappa shape index (κ1) is 36.6. The molecule has 0 aromatic heterocycles. The van der Waals surface area contributed by atoms with Gasteiger partial charge in [-0.2, -0.15) is 0 Å². The summed E-state index contributed by atoms with van der Waals surface area (Å²) in [5.74, 6) is -0.948. The van der Waals surface area contributed by atoms with E-state index in [1.807, 2.05) is 141 Å². The van der Waals surface area contributed by atoms with Crippen LogP contribution in [0.2, 0.25) is 0 Å². The standard InChI is InChI=1S/C44H44N4O5/c1-30(32-19-23-36(24-20-32)34-13-7-5-8-14-34)45-40(49)28-47-42(51)44(3,27-38-17-11-12-18-39(38)53-4)48(43(47)52)29-41(50)46-31(2)33-21-25-37(26-22-33)35-15-9-6-10-16-35/h5-26,30-31H,27-29H2,1-4H3,(H,45,49)(H,46,50). The van der Waals surface area contributed by atoms with Crippen LogP contribution in [0.4, 0.5) is 4.79 Å². The average Bonchev–Trinajstić information content (AvgIpc) is 3.34. The summed E-state index contributed by atoms with van der Waals surface area (Å²) < 4.78 is 5.56. The Labute approximate surface area is 310 Å². The molecule has 5 amide bonds. The molecule has 270 valence electrons. The van der Waals surface area contributed by atoms with Crippen LogP contribution in [0.15, 0.2) is 133 Å². The number of nitrogens with zero attached hydrogens (tertiary/aromatic N) is 2. The molecule has 2 N–H and O–H groups in total. The van der Waals surface area contributed by atoms with Crippen molar-refractivity contribution < 1.29 is 23.9 Å². The number of rotatable bonds is 13. The van der Waals surface area contributed by atoms with Gasteiger partial charge < -0.3 is 20.3 Å². The van der Waals surface area contributed by atoms with E-state index < -0.39 is 35.8 Å². The molecule has 9 nitrogen and oxygen atoms in total. The second-order valence-corrected chi connectivity index (χ2v) is 13.6. The normalized spacial score (nSPS) is 16.6. The Morgan fingerprint density at radius 3 is 1.55 bits per heavy atom. The van der Waals surface area contributed by atoms with Gasteiger partial charge >= 0.3 is 6.03 Å². The third-order valence-corrected chi connectivity index (χ3v) is 9.88. The molecule has 0 spiro atoms. The quantitative estimate of drug-likeness (QED) is 0.124. The molecule has 1 saturated heterocycles. The molecule has 3 atom stereocenters. The SMILES string of the molecule is COc1ccccc1CC1(C)C(=O)N(CC(=O)NC(C)c2ccc(-c3ccccc3)cc2)C(=O)N1CC(=O)NC(C)c1ccc(-c2ccccc2)cc1. The van der Waals surface area contributed by atoms with Gasteiger partial charge in [0.25, 0.3) is 5.91 Å². The second kappa shape index (κ2) is 16.0. The minimum absolute atomic E-state index is 0.0770. The maximum atomic E-state index is 14.2. The van der Waals surface area contributed by atoms with Gasteiger partial charge in [-0.3, -0.25) is 19.3 Å². The van der Waals surface area contributed by atoms with Crippen LogP contribution < -0.4 is 15.4 Å². The first-order valence-corrected chi connectivity index (χ1v) is 17.7. The molecule has 53 heavy (non-hydrogen) atoms. The zero-order chi connectivity index (χ0) is 37.5. The zero-order valence-electron chi connectivity index (χ0n) is 30.4. The molecule has 1 fully saturated rings. The van der Waals surface area contributed by atoms with Crippen LogP contribution in [-0.4, -0.2) is 59.3 Å². The number of carbonyl (C=O) groups excluding carboxylic acids is 4. The monoisotopic (exact) mass is 708 g/mol. The summed E-state index contributed by atoms with van der Waals surface area (Å²) in [6.07, 6.45) is 0.0770. The van der Waals surface area contributed by atoms with Gasteiger partial charge in [0, 0.05) is 6.42 Å². The van der Waals surface area contributed by atoms with Crippen molar-refractivity contribution in [2.75, 3.05) is 20.2 Å². The highest BCUT2D eigenvalue weighted by Gasteiger charge is 2.55. The highest BCUT2D eigenvalue weighted by Crippen LogP contribution is 2.34. The number of para-hydroxylation sites is 1. The van der Waals surface area contributed by atoms with E-state index in [4.69, 9.17) is 4.74 Å². The van der Waals surface area contributed by atoms with E-state index in [0.29, 0.717) is 11.3 Å². The Bertz CT molecular complexity index is 2070. The van der Waals surface area contributed by atoms with Crippen molar-refractivity contribution >= 4 is 23.8 Å². The van der Waals surface area contributed by atoms with Crippen LogP contribution >= 0.6 is 0 Å². The number of hydrogen-bond acceptors (Lipinski definition) is 5. The van der Waals surface area contributed by atoms with Gasteiger partial charge in [-0.15, -0.1) is 0 Å². The van der Waals surface area contributed by atoms with Crippen LogP contribution in [0.3, 0.4) is 0 Å². The van der Waals surface area contributed by atoms with Crippen molar-refractivity contribution in [2.45, 2.75) is 44.8 Å². The van der Waals surface area contributed by atoms with Gasteiger partial charge in [0.15, 0.2) is 0 Å². The first-order valence-electron chi connectivity index (χ1n) is 17.7. The molecule has 3 unspecified atom stereocenters. The number of amides is 5. The highest BCUT2D eigenvalue weighted by atomic mass is 16.5. The van der Waals surface area contributed by atoms with Crippen molar-refractivity contribution in [2.24, 2.45) is 0 Å². The van der Waals surface area contributed by atoms with Crippen molar-refractivity contribution in [3.05, 3.63) is 150 Å². The largest absolute Gasteiger partial charge is 0.496 e. The van der Waals surface area contributed by atoms with E-state index in [9.17, 15) is 19.2 Å². The summed E-state index contributed by atoms with van der Waals surface area (Å²) in [4.78, 5) is 57.4. The lowest BCUT2D eigenvalue weighted by molar-refractivity contribution is -0.136. The molecule has 1 heterocycles. The maximum absolute atomic E-state index is 14.2. The minimum Gasteiger partial charge on any atom is -0.496 e. The molecule has 0 aliphatic carbocycles. The molecule has 5 aromatic carbocycles. The van der Waals surface area contributed by atoms with Gasteiger partial charge in [-0.25, -0.2) is 4.79 Å². The molecule has 0 radical (unpaired) electrons. The Morgan fingerprint density at radius 2 is 1.06 bits per heavy atom. The van der Waals surface area contributed by atoms with Gasteiger partial charge in [0.2, 0.25) is 11.8 Å². The lowest BCUT2D eigenvalue weighted by atomic mass is 9.90. The second-order valence-electron chi connectivity index (χ2n) is 13.6. The number of imide groups is 1. The average molecular weight is 709 g/mol. The fraction of sp³-hybridized carbons (Fsp3) is 0.227. The fourth-order valence-corrected chi connectivity index (χ4v) is 6.84. The van der Waals surface area contributed by atoms with Crippen LogP contribution in [0.5, 0.6) is 5.75 Å². The molecule has 0 bridgehead atoms. The lowest BCUT2D eigenvalue weighted by Crippen LogP contribution is -2.52. The number of methoxy groups -OCH3 is 1. The number of hydrogen-bond donors (Lipinski definition) is 2. The van der Waals surface area contributed by atoms with Crippen LogP contribution in [0, 0.1) is 0 Å². The molecular formula is C44H44N4O5. The number of carbonyl (C=O) groups is 4. The van der Waals surface area contributed by atoms with E-state index in [0.717, 1.165) is 38.3 Å². The summed E-state index contributed by atoms with van der Waals surface area (Å²) in [5.41, 5.74) is 5.27. The predicted molar refractivity (Wildman–Crippen MR) is 206 cm³/mol. The van der Waals surface area contributed by atoms with E-state index in [1.165, 1.54) is 12.0 Å². The molecule has 9 heteroatoms. The summed E-state index contributed by atoms with van der Waals surface area (Å²) >= 11 is 0. The van der Waals surface area contributed by atoms with Crippen LogP contribution in [-0.2, 0) is 20.8 Å². The van der Waals surface area contributed by atoms with E-state index in [1.54, 1.807) is 13.0 Å². The van der Waals surface area contributed by atoms with Gasteiger partial charge in [0.05, 0.1) is 19.2 Å². The first-order chi connectivity index (χ1) is 25.6. The zero-order valence-corrected chi connectivity index (χ0v) is 30.4. The number of ether oxygens (including phenoxy) is 1. The van der Waals surface area contributed by atoms with E-state index >= 15 is 0 Å². The topological polar surface area (TPSA) is 108 Å². The number of urea groups is 1. The lowest BCUT2D eigenvalue weighted by Gasteiger charge is -2.32. The molecule has 1 aliphatic heterocycles. The van der Waals surface area contributed by atoms with Gasteiger partial charge in [-0.05, 0) is 65.8 Å².